The zero-order chi connectivity index (χ0) is 17.8. The van der Waals surface area contributed by atoms with Crippen LogP contribution in [0.3, 0.4) is 0 Å². The third-order valence-corrected chi connectivity index (χ3v) is 4.73. The lowest BCUT2D eigenvalue weighted by Gasteiger charge is -2.35. The van der Waals surface area contributed by atoms with Gasteiger partial charge in [-0.05, 0) is 27.2 Å². The number of rotatable bonds is 6. The van der Waals surface area contributed by atoms with Gasteiger partial charge in [-0.2, -0.15) is 0 Å². The smallest absolute Gasteiger partial charge is 0.132 e. The monoisotopic (exact) mass is 342 g/mol. The van der Waals surface area contributed by atoms with Gasteiger partial charge in [0.1, 0.15) is 17.5 Å². The Bertz CT molecular complexity index is 685. The molecule has 3 rings (SSSR count). The molecule has 1 aliphatic heterocycles. The molecule has 0 saturated carbocycles. The summed E-state index contributed by atoms with van der Waals surface area (Å²) in [5.41, 5.74) is 1.06. The number of imidazole rings is 1. The van der Waals surface area contributed by atoms with Gasteiger partial charge < -0.3 is 9.47 Å². The van der Waals surface area contributed by atoms with Crippen molar-refractivity contribution in [1.29, 1.82) is 0 Å². The van der Waals surface area contributed by atoms with E-state index in [2.05, 4.69) is 64.3 Å². The Morgan fingerprint density at radius 3 is 2.56 bits per heavy atom. The van der Waals surface area contributed by atoms with Crippen molar-refractivity contribution in [2.45, 2.75) is 53.1 Å². The molecule has 3 heterocycles. The molecule has 6 heteroatoms. The molecule has 25 heavy (non-hydrogen) atoms. The van der Waals surface area contributed by atoms with Gasteiger partial charge in [0.05, 0.1) is 6.54 Å². The molecule has 136 valence electrons. The SMILES string of the molecule is CCCc1nc(C)cc(N2CCN(Cc3nccn3C(C)C)CC2)n1. The number of hydrogen-bond donors (Lipinski definition) is 0. The molecule has 1 saturated heterocycles. The highest BCUT2D eigenvalue weighted by molar-refractivity contribution is 5.40. The molecule has 0 amide bonds. The van der Waals surface area contributed by atoms with E-state index in [4.69, 9.17) is 4.98 Å². The number of anilines is 1. The minimum Gasteiger partial charge on any atom is -0.354 e. The normalized spacial score (nSPS) is 16.0. The van der Waals surface area contributed by atoms with Gasteiger partial charge >= 0.3 is 0 Å². The molecule has 0 atom stereocenters. The Morgan fingerprint density at radius 2 is 1.88 bits per heavy atom. The van der Waals surface area contributed by atoms with E-state index in [1.807, 2.05) is 6.20 Å². The fraction of sp³-hybridized carbons (Fsp3) is 0.632. The number of aryl methyl sites for hydroxylation is 2. The molecule has 2 aromatic heterocycles. The second-order valence-corrected chi connectivity index (χ2v) is 7.14. The second-order valence-electron chi connectivity index (χ2n) is 7.14. The van der Waals surface area contributed by atoms with Crippen LogP contribution < -0.4 is 4.90 Å². The highest BCUT2D eigenvalue weighted by Gasteiger charge is 2.20. The van der Waals surface area contributed by atoms with Crippen LogP contribution in [0.5, 0.6) is 0 Å². The highest BCUT2D eigenvalue weighted by Crippen LogP contribution is 2.17. The van der Waals surface area contributed by atoms with Crippen LogP contribution >= 0.6 is 0 Å². The van der Waals surface area contributed by atoms with Crippen LogP contribution in [0.4, 0.5) is 5.82 Å². The van der Waals surface area contributed by atoms with Crippen LogP contribution in [-0.2, 0) is 13.0 Å². The van der Waals surface area contributed by atoms with Gasteiger partial charge in [-0.25, -0.2) is 15.0 Å². The summed E-state index contributed by atoms with van der Waals surface area (Å²) in [6, 6.07) is 2.57. The van der Waals surface area contributed by atoms with Crippen molar-refractivity contribution in [2.24, 2.45) is 0 Å². The number of nitrogens with zero attached hydrogens (tertiary/aromatic N) is 6. The summed E-state index contributed by atoms with van der Waals surface area (Å²) in [7, 11) is 0. The van der Waals surface area contributed by atoms with E-state index in [0.717, 1.165) is 68.7 Å². The van der Waals surface area contributed by atoms with Crippen molar-refractivity contribution in [3.8, 4) is 0 Å². The van der Waals surface area contributed by atoms with Crippen molar-refractivity contribution < 1.29 is 0 Å². The lowest BCUT2D eigenvalue weighted by Crippen LogP contribution is -2.46. The largest absolute Gasteiger partial charge is 0.354 e. The molecule has 1 fully saturated rings. The third-order valence-electron chi connectivity index (χ3n) is 4.73. The molecule has 0 bridgehead atoms. The van der Waals surface area contributed by atoms with Gasteiger partial charge in [-0.1, -0.05) is 6.92 Å². The summed E-state index contributed by atoms with van der Waals surface area (Å²) < 4.78 is 2.26. The van der Waals surface area contributed by atoms with Crippen molar-refractivity contribution >= 4 is 5.82 Å². The molecule has 1 aliphatic rings. The van der Waals surface area contributed by atoms with E-state index in [1.165, 1.54) is 0 Å². The second kappa shape index (κ2) is 7.95. The van der Waals surface area contributed by atoms with Crippen LogP contribution in [0, 0.1) is 6.92 Å². The van der Waals surface area contributed by atoms with Crippen molar-refractivity contribution in [3.05, 3.63) is 35.8 Å². The minimum atomic E-state index is 0.458. The third kappa shape index (κ3) is 4.37. The van der Waals surface area contributed by atoms with E-state index in [1.54, 1.807) is 0 Å². The molecular formula is C19H30N6. The average Bonchev–Trinajstić information content (AvgIpc) is 3.04. The summed E-state index contributed by atoms with van der Waals surface area (Å²) in [5.74, 6) is 3.21. The number of piperazine rings is 1. The molecule has 0 radical (unpaired) electrons. The number of hydrogen-bond acceptors (Lipinski definition) is 5. The molecule has 0 unspecified atom stereocenters. The average molecular weight is 342 g/mol. The van der Waals surface area contributed by atoms with E-state index < -0.39 is 0 Å². The maximum absolute atomic E-state index is 4.76. The van der Waals surface area contributed by atoms with Crippen LogP contribution in [0.1, 0.15) is 50.6 Å². The maximum atomic E-state index is 4.76. The molecule has 0 aromatic carbocycles. The predicted octanol–water partition coefficient (Wildman–Crippen LogP) is 2.84. The van der Waals surface area contributed by atoms with Crippen LogP contribution in [0.2, 0.25) is 0 Å². The van der Waals surface area contributed by atoms with Gasteiger partial charge in [0.2, 0.25) is 0 Å². The van der Waals surface area contributed by atoms with E-state index in [9.17, 15) is 0 Å². The first kappa shape index (κ1) is 17.9. The summed E-state index contributed by atoms with van der Waals surface area (Å²) in [4.78, 5) is 18.7. The fourth-order valence-corrected chi connectivity index (χ4v) is 3.38. The van der Waals surface area contributed by atoms with Crippen molar-refractivity contribution in [1.82, 2.24) is 24.4 Å². The molecule has 0 spiro atoms. The Hall–Kier alpha value is -1.95. The van der Waals surface area contributed by atoms with Gasteiger partial charge in [0, 0.05) is 62.8 Å². The molecule has 0 aliphatic carbocycles. The van der Waals surface area contributed by atoms with Crippen molar-refractivity contribution in [3.63, 3.8) is 0 Å². The minimum absolute atomic E-state index is 0.458. The first-order valence-electron chi connectivity index (χ1n) is 9.40. The van der Waals surface area contributed by atoms with Crippen LogP contribution in [0.15, 0.2) is 18.5 Å². The molecule has 0 N–H and O–H groups in total. The molecule has 2 aromatic rings. The maximum Gasteiger partial charge on any atom is 0.132 e. The Balaban J connectivity index is 1.61. The Labute approximate surface area is 150 Å². The topological polar surface area (TPSA) is 50.1 Å². The fourth-order valence-electron chi connectivity index (χ4n) is 3.38. The van der Waals surface area contributed by atoms with E-state index in [-0.39, 0.29) is 0 Å². The lowest BCUT2D eigenvalue weighted by atomic mass is 10.2. The van der Waals surface area contributed by atoms with Gasteiger partial charge in [-0.15, -0.1) is 0 Å². The lowest BCUT2D eigenvalue weighted by molar-refractivity contribution is 0.238. The summed E-state index contributed by atoms with van der Waals surface area (Å²) in [6.07, 6.45) is 6.02. The standard InChI is InChI=1S/C19H30N6/c1-5-6-17-21-16(4)13-18(22-17)24-11-9-23(10-12-24)14-19-20-7-8-25(19)15(2)3/h7-8,13,15H,5-6,9-12,14H2,1-4H3. The first-order chi connectivity index (χ1) is 12.1. The van der Waals surface area contributed by atoms with E-state index >= 15 is 0 Å². The summed E-state index contributed by atoms with van der Waals surface area (Å²) in [6.45, 7) is 13.6. The molecular weight excluding hydrogens is 312 g/mol. The summed E-state index contributed by atoms with van der Waals surface area (Å²) >= 11 is 0. The Kier molecular flexibility index (Phi) is 5.68. The predicted molar refractivity (Wildman–Crippen MR) is 101 cm³/mol. The van der Waals surface area contributed by atoms with Gasteiger partial charge in [0.25, 0.3) is 0 Å². The quantitative estimate of drug-likeness (QED) is 0.808. The van der Waals surface area contributed by atoms with Crippen molar-refractivity contribution in [2.75, 3.05) is 31.1 Å². The first-order valence-corrected chi connectivity index (χ1v) is 9.40. The van der Waals surface area contributed by atoms with Crippen LogP contribution in [0.25, 0.3) is 0 Å². The van der Waals surface area contributed by atoms with Crippen LogP contribution in [-0.4, -0.2) is 50.6 Å². The highest BCUT2D eigenvalue weighted by atomic mass is 15.3. The van der Waals surface area contributed by atoms with Gasteiger partial charge in [-0.3, -0.25) is 4.90 Å². The zero-order valence-corrected chi connectivity index (χ0v) is 15.9. The Morgan fingerprint density at radius 1 is 1.12 bits per heavy atom. The van der Waals surface area contributed by atoms with E-state index in [0.29, 0.717) is 6.04 Å². The molecule has 6 nitrogen and oxygen atoms in total. The zero-order valence-electron chi connectivity index (χ0n) is 15.9. The van der Waals surface area contributed by atoms with Gasteiger partial charge in [0.15, 0.2) is 0 Å². The number of aromatic nitrogens is 4. The summed E-state index contributed by atoms with van der Waals surface area (Å²) in [5, 5.41) is 0.